The van der Waals surface area contributed by atoms with Gasteiger partial charge in [0, 0.05) is 24.2 Å². The lowest BCUT2D eigenvalue weighted by molar-refractivity contribution is -0.128. The van der Waals surface area contributed by atoms with Crippen molar-refractivity contribution >= 4 is 17.3 Å². The van der Waals surface area contributed by atoms with Crippen LogP contribution in [0.25, 0.3) is 0 Å². The van der Waals surface area contributed by atoms with Crippen LogP contribution >= 0.6 is 0 Å². The van der Waals surface area contributed by atoms with Gasteiger partial charge in [0.15, 0.2) is 0 Å². The summed E-state index contributed by atoms with van der Waals surface area (Å²) in [6, 6.07) is 15.7. The van der Waals surface area contributed by atoms with Gasteiger partial charge >= 0.3 is 0 Å². The van der Waals surface area contributed by atoms with Gasteiger partial charge in [-0.25, -0.2) is 0 Å². The Hall–Kier alpha value is -2.82. The molecule has 4 rings (SSSR count). The van der Waals surface area contributed by atoms with E-state index in [2.05, 4.69) is 11.2 Å². The van der Waals surface area contributed by atoms with Gasteiger partial charge in [0.2, 0.25) is 6.10 Å². The van der Waals surface area contributed by atoms with Crippen molar-refractivity contribution in [1.82, 2.24) is 0 Å². The molecule has 0 unspecified atom stereocenters. The molecule has 5 nitrogen and oxygen atoms in total. The molecule has 5 heteroatoms. The molecule has 0 saturated carbocycles. The van der Waals surface area contributed by atoms with Crippen molar-refractivity contribution in [2.24, 2.45) is 5.16 Å². The van der Waals surface area contributed by atoms with E-state index in [1.807, 2.05) is 47.4 Å². The monoisotopic (exact) mass is 336 g/mol. The second-order valence-corrected chi connectivity index (χ2v) is 6.26. The van der Waals surface area contributed by atoms with Gasteiger partial charge in [0.25, 0.3) is 5.91 Å². The van der Waals surface area contributed by atoms with E-state index in [0.717, 1.165) is 42.1 Å². The fraction of sp³-hybridized carbons (Fsp3) is 0.300. The Kier molecular flexibility index (Phi) is 4.14. The van der Waals surface area contributed by atoms with Crippen LogP contribution in [0.15, 0.2) is 53.7 Å². The van der Waals surface area contributed by atoms with Gasteiger partial charge in [0.1, 0.15) is 5.75 Å². The molecule has 2 heterocycles. The third-order valence-electron chi connectivity index (χ3n) is 4.74. The highest BCUT2D eigenvalue weighted by Gasteiger charge is 2.35. The SMILES string of the molecule is COc1ccccc1C1=NO[C@@H](C(=O)N2CCCc3ccccc32)C1. The van der Waals surface area contributed by atoms with E-state index in [1.54, 1.807) is 7.11 Å². The minimum Gasteiger partial charge on any atom is -0.496 e. The van der Waals surface area contributed by atoms with Gasteiger partial charge in [-0.15, -0.1) is 0 Å². The Bertz CT molecular complexity index is 831. The number of fused-ring (bicyclic) bond motifs is 1. The van der Waals surface area contributed by atoms with Crippen LogP contribution in [0.5, 0.6) is 5.75 Å². The Labute approximate surface area is 146 Å². The third-order valence-corrected chi connectivity index (χ3v) is 4.74. The van der Waals surface area contributed by atoms with Crippen molar-refractivity contribution in [2.45, 2.75) is 25.4 Å². The first-order valence-corrected chi connectivity index (χ1v) is 8.53. The summed E-state index contributed by atoms with van der Waals surface area (Å²) in [6.45, 7) is 0.722. The molecule has 0 aliphatic carbocycles. The topological polar surface area (TPSA) is 51.1 Å². The fourth-order valence-electron chi connectivity index (χ4n) is 3.49. The molecule has 0 spiro atoms. The summed E-state index contributed by atoms with van der Waals surface area (Å²) >= 11 is 0. The molecule has 1 amide bonds. The number of carbonyl (C=O) groups is 1. The molecule has 2 aromatic rings. The van der Waals surface area contributed by atoms with Crippen LogP contribution in [0, 0.1) is 0 Å². The number of carbonyl (C=O) groups excluding carboxylic acids is 1. The largest absolute Gasteiger partial charge is 0.496 e. The highest BCUT2D eigenvalue weighted by molar-refractivity contribution is 6.08. The molecule has 0 bridgehead atoms. The first-order chi connectivity index (χ1) is 12.3. The molecule has 2 aliphatic heterocycles. The standard InChI is InChI=1S/C20H20N2O3/c1-24-18-11-5-3-9-15(18)16-13-19(25-21-16)20(23)22-12-6-8-14-7-2-4-10-17(14)22/h2-5,7,9-11,19H,6,8,12-13H2,1H3/t19-/m1/s1. The lowest BCUT2D eigenvalue weighted by Crippen LogP contribution is -2.42. The Morgan fingerprint density at radius 3 is 2.88 bits per heavy atom. The van der Waals surface area contributed by atoms with Crippen molar-refractivity contribution in [3.63, 3.8) is 0 Å². The van der Waals surface area contributed by atoms with Crippen LogP contribution in [-0.2, 0) is 16.1 Å². The van der Waals surface area contributed by atoms with E-state index < -0.39 is 6.10 Å². The van der Waals surface area contributed by atoms with Gasteiger partial charge in [-0.05, 0) is 36.6 Å². The molecule has 1 atom stereocenters. The summed E-state index contributed by atoms with van der Waals surface area (Å²) in [4.78, 5) is 20.3. The molecular weight excluding hydrogens is 316 g/mol. The van der Waals surface area contributed by atoms with E-state index in [4.69, 9.17) is 9.57 Å². The fourth-order valence-corrected chi connectivity index (χ4v) is 3.49. The van der Waals surface area contributed by atoms with E-state index in [0.29, 0.717) is 6.42 Å². The number of nitrogens with zero attached hydrogens (tertiary/aromatic N) is 2. The molecular formula is C20H20N2O3. The number of oxime groups is 1. The van der Waals surface area contributed by atoms with Crippen LogP contribution < -0.4 is 9.64 Å². The summed E-state index contributed by atoms with van der Waals surface area (Å²) in [5.74, 6) is 0.710. The predicted octanol–water partition coefficient (Wildman–Crippen LogP) is 3.17. The second-order valence-electron chi connectivity index (χ2n) is 6.26. The maximum absolute atomic E-state index is 13.0. The summed E-state index contributed by atoms with van der Waals surface area (Å²) in [6.07, 6.45) is 1.85. The zero-order valence-electron chi connectivity index (χ0n) is 14.1. The van der Waals surface area contributed by atoms with Gasteiger partial charge in [-0.1, -0.05) is 35.5 Å². The zero-order chi connectivity index (χ0) is 17.2. The number of methoxy groups -OCH3 is 1. The van der Waals surface area contributed by atoms with E-state index in [1.165, 1.54) is 5.56 Å². The summed E-state index contributed by atoms with van der Waals surface area (Å²) in [5.41, 5.74) is 3.83. The van der Waals surface area contributed by atoms with Gasteiger partial charge in [-0.3, -0.25) is 4.79 Å². The molecule has 128 valence electrons. The molecule has 0 saturated heterocycles. The smallest absolute Gasteiger partial charge is 0.271 e. The summed E-state index contributed by atoms with van der Waals surface area (Å²) in [5, 5.41) is 4.16. The van der Waals surface area contributed by atoms with Crippen molar-refractivity contribution in [1.29, 1.82) is 0 Å². The van der Waals surface area contributed by atoms with Crippen molar-refractivity contribution < 1.29 is 14.4 Å². The zero-order valence-corrected chi connectivity index (χ0v) is 14.1. The quantitative estimate of drug-likeness (QED) is 0.865. The Morgan fingerprint density at radius 2 is 2.00 bits per heavy atom. The summed E-state index contributed by atoms with van der Waals surface area (Å²) < 4.78 is 5.38. The number of aryl methyl sites for hydroxylation is 1. The van der Waals surface area contributed by atoms with Gasteiger partial charge in [0.05, 0.1) is 12.8 Å². The molecule has 0 N–H and O–H groups in total. The second kappa shape index (κ2) is 6.59. The average Bonchev–Trinajstić information content (AvgIpc) is 3.17. The predicted molar refractivity (Wildman–Crippen MR) is 96.1 cm³/mol. The first kappa shape index (κ1) is 15.7. The average molecular weight is 336 g/mol. The lowest BCUT2D eigenvalue weighted by atomic mass is 9.99. The van der Waals surface area contributed by atoms with Crippen LogP contribution in [0.1, 0.15) is 24.0 Å². The van der Waals surface area contributed by atoms with E-state index in [-0.39, 0.29) is 5.91 Å². The number of para-hydroxylation sites is 2. The molecule has 25 heavy (non-hydrogen) atoms. The highest BCUT2D eigenvalue weighted by atomic mass is 16.6. The third kappa shape index (κ3) is 2.86. The van der Waals surface area contributed by atoms with Crippen LogP contribution in [-0.4, -0.2) is 31.4 Å². The molecule has 2 aromatic carbocycles. The van der Waals surface area contributed by atoms with Gasteiger partial charge in [-0.2, -0.15) is 0 Å². The van der Waals surface area contributed by atoms with E-state index >= 15 is 0 Å². The number of ether oxygens (including phenoxy) is 1. The van der Waals surface area contributed by atoms with Crippen molar-refractivity contribution in [3.05, 3.63) is 59.7 Å². The number of hydrogen-bond donors (Lipinski definition) is 0. The molecule has 2 aliphatic rings. The maximum Gasteiger partial charge on any atom is 0.271 e. The molecule has 0 aromatic heterocycles. The number of hydrogen-bond acceptors (Lipinski definition) is 4. The van der Waals surface area contributed by atoms with E-state index in [9.17, 15) is 4.79 Å². The minimum atomic E-state index is -0.578. The highest BCUT2D eigenvalue weighted by Crippen LogP contribution is 2.30. The molecule has 0 fully saturated rings. The van der Waals surface area contributed by atoms with Crippen molar-refractivity contribution in [2.75, 3.05) is 18.6 Å². The number of rotatable bonds is 3. The van der Waals surface area contributed by atoms with Gasteiger partial charge < -0.3 is 14.5 Å². The Balaban J connectivity index is 1.53. The summed E-state index contributed by atoms with van der Waals surface area (Å²) in [7, 11) is 1.63. The Morgan fingerprint density at radius 1 is 1.20 bits per heavy atom. The number of anilines is 1. The van der Waals surface area contributed by atoms with Crippen LogP contribution in [0.3, 0.4) is 0 Å². The van der Waals surface area contributed by atoms with Crippen LogP contribution in [0.4, 0.5) is 5.69 Å². The number of amides is 1. The van der Waals surface area contributed by atoms with Crippen molar-refractivity contribution in [3.8, 4) is 5.75 Å². The van der Waals surface area contributed by atoms with Crippen LogP contribution in [0.2, 0.25) is 0 Å². The normalized spacial score (nSPS) is 19.0. The number of benzene rings is 2. The lowest BCUT2D eigenvalue weighted by Gasteiger charge is -2.30. The minimum absolute atomic E-state index is 0.0270. The molecule has 0 radical (unpaired) electrons. The maximum atomic E-state index is 13.0. The first-order valence-electron chi connectivity index (χ1n) is 8.53.